The number of carbonyl (C=O) groups excluding carboxylic acids is 2. The maximum absolute atomic E-state index is 12.8. The zero-order valence-electron chi connectivity index (χ0n) is 21.8. The molecule has 0 bridgehead atoms. The van der Waals surface area contributed by atoms with E-state index in [0.29, 0.717) is 0 Å². The van der Waals surface area contributed by atoms with Gasteiger partial charge in [0.15, 0.2) is 12.1 Å². The average molecular weight is 533 g/mol. The minimum Gasteiger partial charge on any atom is -0.480 e. The molecule has 1 aliphatic carbocycles. The first-order valence-corrected chi connectivity index (χ1v) is 12.7. The average Bonchev–Trinajstić information content (AvgIpc) is 3.27. The lowest BCUT2D eigenvalue weighted by molar-refractivity contribution is -0.148. The topological polar surface area (TPSA) is 123 Å². The molecule has 4 rings (SSSR count). The number of nitrogens with one attached hydrogen (secondary N) is 2. The van der Waals surface area contributed by atoms with Gasteiger partial charge in [-0.1, -0.05) is 78.9 Å². The van der Waals surface area contributed by atoms with E-state index in [4.69, 9.17) is 14.2 Å². The maximum Gasteiger partial charge on any atom is 0.407 e. The summed E-state index contributed by atoms with van der Waals surface area (Å²) in [6, 6.07) is 24.0. The third kappa shape index (κ3) is 6.81. The van der Waals surface area contributed by atoms with E-state index in [9.17, 15) is 19.5 Å². The highest BCUT2D eigenvalue weighted by atomic mass is 16.5. The fourth-order valence-electron chi connectivity index (χ4n) is 4.63. The molecule has 0 aliphatic heterocycles. The first kappa shape index (κ1) is 27.8. The Morgan fingerprint density at radius 1 is 0.897 bits per heavy atom. The molecule has 1 unspecified atom stereocenters. The monoisotopic (exact) mass is 532 g/mol. The molecule has 0 saturated heterocycles. The molecule has 9 heteroatoms. The van der Waals surface area contributed by atoms with Crippen LogP contribution in [-0.4, -0.2) is 61.6 Å². The van der Waals surface area contributed by atoms with Crippen molar-refractivity contribution >= 4 is 18.0 Å². The van der Waals surface area contributed by atoms with E-state index in [2.05, 4.69) is 10.6 Å². The highest BCUT2D eigenvalue weighted by Gasteiger charge is 2.31. The Morgan fingerprint density at radius 2 is 1.49 bits per heavy atom. The van der Waals surface area contributed by atoms with Crippen molar-refractivity contribution in [2.45, 2.75) is 37.7 Å². The van der Waals surface area contributed by atoms with Gasteiger partial charge in [0, 0.05) is 13.0 Å². The van der Waals surface area contributed by atoms with Crippen LogP contribution in [0.4, 0.5) is 4.79 Å². The molecule has 0 radical (unpaired) electrons. The molecule has 0 spiro atoms. The zero-order chi connectivity index (χ0) is 27.8. The molecule has 3 aromatic carbocycles. The first-order valence-electron chi connectivity index (χ1n) is 12.7. The van der Waals surface area contributed by atoms with Gasteiger partial charge in [0.05, 0.1) is 19.3 Å². The summed E-state index contributed by atoms with van der Waals surface area (Å²) in [5, 5.41) is 14.6. The second-order valence-electron chi connectivity index (χ2n) is 9.26. The van der Waals surface area contributed by atoms with Crippen LogP contribution in [0, 0.1) is 0 Å². The second kappa shape index (κ2) is 13.0. The van der Waals surface area contributed by atoms with Gasteiger partial charge in [0.1, 0.15) is 6.61 Å². The van der Waals surface area contributed by atoms with E-state index in [1.807, 2.05) is 78.9 Å². The van der Waals surface area contributed by atoms with Crippen molar-refractivity contribution in [3.63, 3.8) is 0 Å². The first-order chi connectivity index (χ1) is 18.9. The number of ether oxygens (including phenoxy) is 3. The smallest absolute Gasteiger partial charge is 0.407 e. The van der Waals surface area contributed by atoms with Crippen molar-refractivity contribution in [3.8, 4) is 11.1 Å². The van der Waals surface area contributed by atoms with E-state index in [-0.39, 0.29) is 25.7 Å². The Balaban J connectivity index is 1.28. The fourth-order valence-corrected chi connectivity index (χ4v) is 4.63. The largest absolute Gasteiger partial charge is 0.480 e. The summed E-state index contributed by atoms with van der Waals surface area (Å²) >= 11 is 0. The molecule has 0 aromatic heterocycles. The number of carboxylic acids is 1. The highest BCUT2D eigenvalue weighted by molar-refractivity contribution is 5.87. The van der Waals surface area contributed by atoms with Gasteiger partial charge in [-0.25, -0.2) is 9.59 Å². The minimum absolute atomic E-state index is 0.0987. The third-order valence-electron chi connectivity index (χ3n) is 6.74. The van der Waals surface area contributed by atoms with Crippen LogP contribution >= 0.6 is 0 Å². The molecule has 39 heavy (non-hydrogen) atoms. The zero-order valence-corrected chi connectivity index (χ0v) is 21.8. The Hall–Kier alpha value is -4.21. The number of alkyl carbamates (subject to hydrolysis) is 1. The van der Waals surface area contributed by atoms with E-state index in [0.717, 1.165) is 27.8 Å². The number of methoxy groups -OCH3 is 1. The summed E-state index contributed by atoms with van der Waals surface area (Å²) in [4.78, 5) is 37.1. The fraction of sp³-hybridized carbons (Fsp3) is 0.300. The van der Waals surface area contributed by atoms with Crippen molar-refractivity contribution in [3.05, 3.63) is 95.6 Å². The van der Waals surface area contributed by atoms with Gasteiger partial charge >= 0.3 is 12.1 Å². The minimum atomic E-state index is -1.31. The normalized spacial score (nSPS) is 14.4. The number of carbonyl (C=O) groups is 3. The van der Waals surface area contributed by atoms with E-state index < -0.39 is 36.2 Å². The van der Waals surface area contributed by atoms with Gasteiger partial charge in [0.25, 0.3) is 5.91 Å². The van der Waals surface area contributed by atoms with Gasteiger partial charge in [0.2, 0.25) is 0 Å². The van der Waals surface area contributed by atoms with E-state index in [1.165, 1.54) is 7.11 Å². The van der Waals surface area contributed by atoms with E-state index >= 15 is 0 Å². The quantitative estimate of drug-likeness (QED) is 0.325. The summed E-state index contributed by atoms with van der Waals surface area (Å²) in [5.74, 6) is -2.04. The van der Waals surface area contributed by atoms with Gasteiger partial charge in [-0.15, -0.1) is 0 Å². The molecule has 204 valence electrons. The van der Waals surface area contributed by atoms with Gasteiger partial charge in [-0.3, -0.25) is 4.79 Å². The Bertz CT molecular complexity index is 1250. The van der Waals surface area contributed by atoms with Crippen LogP contribution in [0.25, 0.3) is 11.1 Å². The summed E-state index contributed by atoms with van der Waals surface area (Å²) in [6.07, 6.45) is -2.66. The van der Waals surface area contributed by atoms with Crippen LogP contribution in [0.15, 0.2) is 78.9 Å². The van der Waals surface area contributed by atoms with Crippen LogP contribution in [0.3, 0.4) is 0 Å². The number of carboxylic acid groups (broad SMARTS) is 1. The Kier molecular flexibility index (Phi) is 9.30. The summed E-state index contributed by atoms with van der Waals surface area (Å²) < 4.78 is 16.4. The van der Waals surface area contributed by atoms with Crippen molar-refractivity contribution in [1.29, 1.82) is 0 Å². The van der Waals surface area contributed by atoms with Crippen LogP contribution in [0.2, 0.25) is 0 Å². The number of amides is 2. The Morgan fingerprint density at radius 3 is 2.08 bits per heavy atom. The number of benzene rings is 3. The van der Waals surface area contributed by atoms with Crippen molar-refractivity contribution in [1.82, 2.24) is 10.6 Å². The number of rotatable bonds is 12. The number of aliphatic carboxylic acids is 1. The number of fused-ring (bicyclic) bond motifs is 3. The molecule has 3 N–H and O–H groups in total. The molecule has 3 aromatic rings. The molecule has 0 fully saturated rings. The highest BCUT2D eigenvalue weighted by Crippen LogP contribution is 2.44. The van der Waals surface area contributed by atoms with Crippen molar-refractivity contribution < 1.29 is 33.7 Å². The molecular weight excluding hydrogens is 500 g/mol. The van der Waals surface area contributed by atoms with Gasteiger partial charge < -0.3 is 30.0 Å². The lowest BCUT2D eigenvalue weighted by Gasteiger charge is -2.24. The molecule has 0 saturated carbocycles. The van der Waals surface area contributed by atoms with Crippen molar-refractivity contribution in [2.75, 3.05) is 20.3 Å². The van der Waals surface area contributed by atoms with Gasteiger partial charge in [-0.05, 0) is 34.7 Å². The van der Waals surface area contributed by atoms with Crippen LogP contribution in [0.5, 0.6) is 0 Å². The number of hydrogen-bond donors (Lipinski definition) is 3. The molecular formula is C30H32N2O7. The molecule has 9 nitrogen and oxygen atoms in total. The lowest BCUT2D eigenvalue weighted by atomic mass is 9.98. The van der Waals surface area contributed by atoms with Crippen molar-refractivity contribution in [2.24, 2.45) is 0 Å². The summed E-state index contributed by atoms with van der Waals surface area (Å²) in [5.41, 5.74) is 5.29. The van der Waals surface area contributed by atoms with Gasteiger partial charge in [-0.2, -0.15) is 0 Å². The third-order valence-corrected chi connectivity index (χ3v) is 6.74. The lowest BCUT2D eigenvalue weighted by Crippen LogP contribution is -2.53. The van der Waals surface area contributed by atoms with Crippen LogP contribution < -0.4 is 10.6 Å². The SMILES string of the molecule is COC(CNC(=O)OCC1c2ccccc2-c2ccccc21)C(=O)N[C@@H](C(=O)O)[C@H](C)OCc1ccccc1. The summed E-state index contributed by atoms with van der Waals surface area (Å²) in [7, 11) is 1.30. The Labute approximate surface area is 227 Å². The molecule has 3 atom stereocenters. The molecule has 0 heterocycles. The predicted octanol–water partition coefficient (Wildman–Crippen LogP) is 3.71. The number of hydrogen-bond acceptors (Lipinski definition) is 6. The molecule has 2 amide bonds. The summed E-state index contributed by atoms with van der Waals surface area (Å²) in [6.45, 7) is 1.68. The maximum atomic E-state index is 12.8. The van der Waals surface area contributed by atoms with E-state index in [1.54, 1.807) is 6.92 Å². The van der Waals surface area contributed by atoms with Crippen LogP contribution in [0.1, 0.15) is 29.5 Å². The van der Waals surface area contributed by atoms with Crippen LogP contribution in [-0.2, 0) is 30.4 Å². The standard InChI is InChI=1S/C30H32N2O7/c1-19(38-17-20-10-4-3-5-11-20)27(29(34)35)32-28(33)26(37-2)16-31-30(36)39-18-25-23-14-8-6-12-21(23)22-13-7-9-15-24(22)25/h3-15,19,25-27H,16-18H2,1-2H3,(H,31,36)(H,32,33)(H,34,35)/t19-,26?,27+/m0/s1. The second-order valence-corrected chi connectivity index (χ2v) is 9.26. The predicted molar refractivity (Wildman–Crippen MR) is 144 cm³/mol. The molecule has 1 aliphatic rings.